The Morgan fingerprint density at radius 2 is 2.09 bits per heavy atom. The summed E-state index contributed by atoms with van der Waals surface area (Å²) < 4.78 is 7.23. The molecule has 3 rings (SSSR count). The first-order chi connectivity index (χ1) is 15.6. The van der Waals surface area contributed by atoms with E-state index in [0.29, 0.717) is 53.9 Å². The monoisotopic (exact) mass is 480 g/mol. The van der Waals surface area contributed by atoms with Crippen LogP contribution in [0.4, 0.5) is 11.8 Å². The van der Waals surface area contributed by atoms with Crippen molar-refractivity contribution in [1.82, 2.24) is 20.2 Å². The summed E-state index contributed by atoms with van der Waals surface area (Å²) in [6.07, 6.45) is 2.15. The van der Waals surface area contributed by atoms with Crippen LogP contribution in [0.15, 0.2) is 18.2 Å². The molecule has 0 radical (unpaired) electrons. The molecule has 0 aliphatic carbocycles. The minimum absolute atomic E-state index is 0.154. The van der Waals surface area contributed by atoms with Gasteiger partial charge in [0.25, 0.3) is 5.91 Å². The number of nitrogens with zero attached hydrogens (tertiary/aromatic N) is 2. The van der Waals surface area contributed by atoms with Gasteiger partial charge in [0.2, 0.25) is 5.95 Å². The topological polar surface area (TPSA) is 92.2 Å². The molecule has 1 fully saturated rings. The first-order valence-corrected chi connectivity index (χ1v) is 12.5. The molecule has 1 aromatic carbocycles. The van der Waals surface area contributed by atoms with E-state index in [4.69, 9.17) is 21.3 Å². The highest BCUT2D eigenvalue weighted by atomic mass is 35.5. The second kappa shape index (κ2) is 12.2. The molecule has 176 valence electrons. The summed E-state index contributed by atoms with van der Waals surface area (Å²) >= 11 is 8.34. The van der Waals surface area contributed by atoms with E-state index in [2.05, 4.69) is 21.3 Å². The summed E-state index contributed by atoms with van der Waals surface area (Å²) in [4.78, 5) is 17.9. The van der Waals surface area contributed by atoms with Gasteiger partial charge in [-0.15, -0.1) is 0 Å². The van der Waals surface area contributed by atoms with E-state index >= 15 is 0 Å². The molecule has 10 heteroatoms. The molecule has 1 amide bonds. The van der Waals surface area contributed by atoms with Crippen LogP contribution in [0.2, 0.25) is 5.02 Å². The van der Waals surface area contributed by atoms with Crippen LogP contribution in [0.25, 0.3) is 0 Å². The smallest absolute Gasteiger partial charge is 0.271 e. The number of thioether (sulfide) groups is 1. The number of benzene rings is 1. The molecule has 1 aromatic heterocycles. The highest BCUT2D eigenvalue weighted by molar-refractivity contribution is 7.99. The lowest BCUT2D eigenvalue weighted by Gasteiger charge is -2.23. The molecular weight excluding hydrogens is 448 g/mol. The number of nitrogens with one attached hydrogen (secondary N) is 4. The van der Waals surface area contributed by atoms with Gasteiger partial charge < -0.3 is 26.0 Å². The highest BCUT2D eigenvalue weighted by Crippen LogP contribution is 2.29. The third-order valence-corrected chi connectivity index (χ3v) is 6.64. The number of carbonyl (C=O) groups is 1. The van der Waals surface area contributed by atoms with Gasteiger partial charge in [-0.3, -0.25) is 9.36 Å². The maximum absolute atomic E-state index is 13.1. The van der Waals surface area contributed by atoms with Crippen LogP contribution in [0.3, 0.4) is 0 Å². The molecule has 8 nitrogen and oxygen atoms in total. The number of aromatic nitrogens is 2. The Labute approximate surface area is 199 Å². The number of amides is 1. The van der Waals surface area contributed by atoms with Crippen molar-refractivity contribution < 1.29 is 9.53 Å². The highest BCUT2D eigenvalue weighted by Gasteiger charge is 2.25. The predicted octanol–water partition coefficient (Wildman–Crippen LogP) is 3.28. The van der Waals surface area contributed by atoms with Crippen molar-refractivity contribution >= 4 is 41.0 Å². The Kier molecular flexibility index (Phi) is 9.37. The van der Waals surface area contributed by atoms with Crippen molar-refractivity contribution in [2.45, 2.75) is 32.4 Å². The molecule has 32 heavy (non-hydrogen) atoms. The van der Waals surface area contributed by atoms with Crippen LogP contribution in [-0.4, -0.2) is 66.8 Å². The lowest BCUT2D eigenvalue weighted by Crippen LogP contribution is -2.29. The van der Waals surface area contributed by atoms with Gasteiger partial charge in [-0.25, -0.2) is 0 Å². The molecule has 1 saturated heterocycles. The number of carbonyl (C=O) groups excluding carboxylic acids is 1. The second-order valence-corrected chi connectivity index (χ2v) is 9.24. The Morgan fingerprint density at radius 1 is 1.31 bits per heavy atom. The molecule has 2 heterocycles. The number of halogens is 1. The minimum atomic E-state index is -0.154. The fraction of sp³-hybridized carbons (Fsp3) is 0.545. The standard InChI is InChI=1S/C22H33ClN6O2S/c1-4-25-21(30)19-20(26-10-9-24-2)28-22(27-16-7-11-32-12-8-16)29(19)14-15-5-6-18(31-3)17(23)13-15/h5-6,13,16,24,26H,4,7-12,14H2,1-3H3,(H,25,30)(H,27,28). The summed E-state index contributed by atoms with van der Waals surface area (Å²) in [6, 6.07) is 6.01. The summed E-state index contributed by atoms with van der Waals surface area (Å²) in [5, 5.41) is 13.5. The number of imidazole rings is 1. The van der Waals surface area contributed by atoms with Crippen molar-refractivity contribution in [2.75, 3.05) is 55.9 Å². The Bertz CT molecular complexity index is 901. The van der Waals surface area contributed by atoms with Crippen LogP contribution >= 0.6 is 23.4 Å². The third-order valence-electron chi connectivity index (χ3n) is 5.30. The zero-order chi connectivity index (χ0) is 22.9. The van der Waals surface area contributed by atoms with Crippen molar-refractivity contribution in [3.05, 3.63) is 34.5 Å². The van der Waals surface area contributed by atoms with Gasteiger partial charge in [-0.1, -0.05) is 17.7 Å². The third kappa shape index (κ3) is 6.24. The molecule has 2 aromatic rings. The average molecular weight is 481 g/mol. The SMILES string of the molecule is CCNC(=O)c1c(NCCNC)nc(NC2CCSCC2)n1Cc1ccc(OC)c(Cl)c1. The summed E-state index contributed by atoms with van der Waals surface area (Å²) in [6.45, 7) is 4.33. The zero-order valence-electron chi connectivity index (χ0n) is 19.0. The zero-order valence-corrected chi connectivity index (χ0v) is 20.5. The van der Waals surface area contributed by atoms with Crippen molar-refractivity contribution in [3.63, 3.8) is 0 Å². The first-order valence-electron chi connectivity index (χ1n) is 11.0. The maximum atomic E-state index is 13.1. The van der Waals surface area contributed by atoms with E-state index in [1.807, 2.05) is 48.5 Å². The van der Waals surface area contributed by atoms with E-state index in [1.165, 1.54) is 0 Å². The molecule has 0 atom stereocenters. The van der Waals surface area contributed by atoms with Gasteiger partial charge in [-0.05, 0) is 56.0 Å². The van der Waals surface area contributed by atoms with Crippen molar-refractivity contribution in [1.29, 1.82) is 0 Å². The normalized spacial score (nSPS) is 14.2. The molecule has 4 N–H and O–H groups in total. The molecule has 0 saturated carbocycles. The summed E-state index contributed by atoms with van der Waals surface area (Å²) in [5.41, 5.74) is 1.48. The molecule has 1 aliphatic heterocycles. The van der Waals surface area contributed by atoms with Crippen molar-refractivity contribution in [2.24, 2.45) is 0 Å². The fourth-order valence-electron chi connectivity index (χ4n) is 3.64. The summed E-state index contributed by atoms with van der Waals surface area (Å²) in [7, 11) is 3.49. The largest absolute Gasteiger partial charge is 0.495 e. The van der Waals surface area contributed by atoms with E-state index in [9.17, 15) is 4.79 Å². The Morgan fingerprint density at radius 3 is 2.75 bits per heavy atom. The molecule has 0 unspecified atom stereocenters. The van der Waals surface area contributed by atoms with Gasteiger partial charge in [0.1, 0.15) is 5.75 Å². The molecule has 0 spiro atoms. The van der Waals surface area contributed by atoms with E-state index in [1.54, 1.807) is 7.11 Å². The number of hydrogen-bond donors (Lipinski definition) is 4. The first kappa shape index (κ1) is 24.5. The summed E-state index contributed by atoms with van der Waals surface area (Å²) in [5.74, 6) is 4.00. The number of rotatable bonds is 11. The molecule has 0 bridgehead atoms. The molecular formula is C22H33ClN6O2S. The van der Waals surface area contributed by atoms with Crippen LogP contribution < -0.4 is 26.0 Å². The van der Waals surface area contributed by atoms with Crippen LogP contribution in [0.1, 0.15) is 35.8 Å². The number of ether oxygens (including phenoxy) is 1. The Balaban J connectivity index is 1.99. The van der Waals surface area contributed by atoms with Crippen LogP contribution in [0, 0.1) is 0 Å². The lowest BCUT2D eigenvalue weighted by molar-refractivity contribution is 0.0948. The fourth-order valence-corrected chi connectivity index (χ4v) is 5.02. The minimum Gasteiger partial charge on any atom is -0.495 e. The number of anilines is 2. The van der Waals surface area contributed by atoms with E-state index in [0.717, 1.165) is 36.5 Å². The average Bonchev–Trinajstić information content (AvgIpc) is 3.11. The van der Waals surface area contributed by atoms with Crippen LogP contribution in [-0.2, 0) is 6.54 Å². The quantitative estimate of drug-likeness (QED) is 0.367. The lowest BCUT2D eigenvalue weighted by atomic mass is 10.1. The number of methoxy groups -OCH3 is 1. The van der Waals surface area contributed by atoms with Gasteiger partial charge in [0, 0.05) is 25.7 Å². The van der Waals surface area contributed by atoms with Gasteiger partial charge in [0.15, 0.2) is 11.5 Å². The Hall–Kier alpha value is -2.10. The van der Waals surface area contributed by atoms with E-state index in [-0.39, 0.29) is 5.91 Å². The molecule has 1 aliphatic rings. The van der Waals surface area contributed by atoms with Crippen LogP contribution in [0.5, 0.6) is 5.75 Å². The van der Waals surface area contributed by atoms with Gasteiger partial charge in [-0.2, -0.15) is 16.7 Å². The van der Waals surface area contributed by atoms with Crippen molar-refractivity contribution in [3.8, 4) is 5.75 Å². The number of hydrogen-bond acceptors (Lipinski definition) is 7. The van der Waals surface area contributed by atoms with Gasteiger partial charge in [0.05, 0.1) is 18.7 Å². The maximum Gasteiger partial charge on any atom is 0.271 e. The predicted molar refractivity (Wildman–Crippen MR) is 134 cm³/mol. The second-order valence-electron chi connectivity index (χ2n) is 7.61. The van der Waals surface area contributed by atoms with E-state index < -0.39 is 0 Å². The number of likely N-dealkylation sites (N-methyl/N-ethyl adjacent to an activating group) is 1. The van der Waals surface area contributed by atoms with Gasteiger partial charge >= 0.3 is 0 Å².